The molecule has 0 saturated heterocycles. The van der Waals surface area contributed by atoms with Crippen LogP contribution in [0.3, 0.4) is 0 Å². The molecule has 0 spiro atoms. The minimum atomic E-state index is 0.561. The predicted octanol–water partition coefficient (Wildman–Crippen LogP) is 3.02. The van der Waals surface area contributed by atoms with Crippen LogP contribution in [0, 0.1) is 0 Å². The Bertz CT molecular complexity index is 655. The van der Waals surface area contributed by atoms with Gasteiger partial charge in [0.05, 0.1) is 16.4 Å². The van der Waals surface area contributed by atoms with Gasteiger partial charge in [0, 0.05) is 37.5 Å². The first-order chi connectivity index (χ1) is 10.2. The molecule has 0 radical (unpaired) electrons. The van der Waals surface area contributed by atoms with Crippen molar-refractivity contribution in [2.75, 3.05) is 18.5 Å². The number of hydrogen-bond donors (Lipinski definition) is 1. The first kappa shape index (κ1) is 14.1. The molecule has 1 aliphatic rings. The third-order valence-corrected chi connectivity index (χ3v) is 3.74. The highest BCUT2D eigenvalue weighted by atomic mass is 35.5. The van der Waals surface area contributed by atoms with Gasteiger partial charge in [0.15, 0.2) is 11.5 Å². The molecular formula is C15H18ClN3O2. The molecule has 1 aliphatic heterocycles. The van der Waals surface area contributed by atoms with Crippen molar-refractivity contribution in [3.8, 4) is 11.5 Å². The SMILES string of the molecule is CCc1nn(C)cc1CNc1cc2c(cc1Cl)OCCO2. The zero-order valence-corrected chi connectivity index (χ0v) is 12.9. The van der Waals surface area contributed by atoms with Gasteiger partial charge in [-0.25, -0.2) is 0 Å². The summed E-state index contributed by atoms with van der Waals surface area (Å²) in [6.07, 6.45) is 2.94. The maximum Gasteiger partial charge on any atom is 0.163 e. The third kappa shape index (κ3) is 2.93. The lowest BCUT2D eigenvalue weighted by Gasteiger charge is -2.20. The van der Waals surface area contributed by atoms with E-state index in [0.717, 1.165) is 23.6 Å². The first-order valence-corrected chi connectivity index (χ1v) is 7.39. The van der Waals surface area contributed by atoms with Gasteiger partial charge in [-0.05, 0) is 6.42 Å². The summed E-state index contributed by atoms with van der Waals surface area (Å²) in [7, 11) is 1.93. The Morgan fingerprint density at radius 3 is 2.71 bits per heavy atom. The van der Waals surface area contributed by atoms with Crippen molar-refractivity contribution in [3.05, 3.63) is 34.6 Å². The molecule has 0 bridgehead atoms. The number of aromatic nitrogens is 2. The van der Waals surface area contributed by atoms with E-state index in [4.69, 9.17) is 21.1 Å². The normalized spacial score (nSPS) is 13.3. The smallest absolute Gasteiger partial charge is 0.163 e. The van der Waals surface area contributed by atoms with Crippen LogP contribution in [-0.2, 0) is 20.0 Å². The molecule has 0 aliphatic carbocycles. The second-order valence-electron chi connectivity index (χ2n) is 4.96. The Hall–Kier alpha value is -1.88. The highest BCUT2D eigenvalue weighted by Crippen LogP contribution is 2.38. The summed E-state index contributed by atoms with van der Waals surface area (Å²) in [5, 5.41) is 8.41. The van der Waals surface area contributed by atoms with Gasteiger partial charge in [0.1, 0.15) is 13.2 Å². The van der Waals surface area contributed by atoms with Gasteiger partial charge in [-0.2, -0.15) is 5.10 Å². The fourth-order valence-corrected chi connectivity index (χ4v) is 2.64. The summed E-state index contributed by atoms with van der Waals surface area (Å²) in [5.41, 5.74) is 3.11. The van der Waals surface area contributed by atoms with Gasteiger partial charge in [-0.15, -0.1) is 0 Å². The molecule has 112 valence electrons. The van der Waals surface area contributed by atoms with Crippen LogP contribution in [0.2, 0.25) is 5.02 Å². The van der Waals surface area contributed by atoms with E-state index >= 15 is 0 Å². The molecule has 3 rings (SSSR count). The summed E-state index contributed by atoms with van der Waals surface area (Å²) < 4.78 is 12.9. The van der Waals surface area contributed by atoms with E-state index in [-0.39, 0.29) is 0 Å². The lowest BCUT2D eigenvalue weighted by molar-refractivity contribution is 0.171. The van der Waals surface area contributed by atoms with E-state index < -0.39 is 0 Å². The lowest BCUT2D eigenvalue weighted by atomic mass is 10.2. The monoisotopic (exact) mass is 307 g/mol. The van der Waals surface area contributed by atoms with Crippen LogP contribution in [0.1, 0.15) is 18.2 Å². The fourth-order valence-electron chi connectivity index (χ4n) is 2.42. The predicted molar refractivity (Wildman–Crippen MR) is 82.4 cm³/mol. The van der Waals surface area contributed by atoms with Gasteiger partial charge in [-0.3, -0.25) is 4.68 Å². The molecule has 6 heteroatoms. The van der Waals surface area contributed by atoms with E-state index in [1.165, 1.54) is 5.56 Å². The van der Waals surface area contributed by atoms with E-state index in [0.29, 0.717) is 30.5 Å². The first-order valence-electron chi connectivity index (χ1n) is 7.01. The zero-order chi connectivity index (χ0) is 14.8. The molecule has 0 saturated carbocycles. The zero-order valence-electron chi connectivity index (χ0n) is 12.1. The molecule has 1 N–H and O–H groups in total. The number of anilines is 1. The molecule has 5 nitrogen and oxygen atoms in total. The van der Waals surface area contributed by atoms with Gasteiger partial charge in [-0.1, -0.05) is 18.5 Å². The maximum absolute atomic E-state index is 6.29. The lowest BCUT2D eigenvalue weighted by Crippen LogP contribution is -2.15. The number of aryl methyl sites for hydroxylation is 2. The van der Waals surface area contributed by atoms with E-state index in [1.54, 1.807) is 6.07 Å². The number of benzene rings is 1. The fraction of sp³-hybridized carbons (Fsp3) is 0.400. The second-order valence-corrected chi connectivity index (χ2v) is 5.36. The molecule has 21 heavy (non-hydrogen) atoms. The molecule has 1 aromatic carbocycles. The molecule has 0 fully saturated rings. The number of nitrogens with zero attached hydrogens (tertiary/aromatic N) is 2. The van der Waals surface area contributed by atoms with Gasteiger partial charge in [0.2, 0.25) is 0 Å². The Morgan fingerprint density at radius 2 is 2.00 bits per heavy atom. The van der Waals surface area contributed by atoms with Crippen LogP contribution in [0.15, 0.2) is 18.3 Å². The molecule has 0 amide bonds. The number of ether oxygens (including phenoxy) is 2. The van der Waals surface area contributed by atoms with Gasteiger partial charge in [0.25, 0.3) is 0 Å². The molecular weight excluding hydrogens is 290 g/mol. The van der Waals surface area contributed by atoms with E-state index in [9.17, 15) is 0 Å². The van der Waals surface area contributed by atoms with Crippen molar-refractivity contribution in [3.63, 3.8) is 0 Å². The summed E-state index contributed by atoms with van der Waals surface area (Å²) in [4.78, 5) is 0. The molecule has 1 aromatic heterocycles. The third-order valence-electron chi connectivity index (χ3n) is 3.43. The van der Waals surface area contributed by atoms with E-state index in [2.05, 4.69) is 17.3 Å². The Balaban J connectivity index is 1.78. The summed E-state index contributed by atoms with van der Waals surface area (Å²) in [6, 6.07) is 3.68. The second kappa shape index (κ2) is 5.85. The Kier molecular flexibility index (Phi) is 3.92. The number of hydrogen-bond acceptors (Lipinski definition) is 4. The molecule has 2 heterocycles. The molecule has 0 unspecified atom stereocenters. The van der Waals surface area contributed by atoms with Crippen LogP contribution in [0.4, 0.5) is 5.69 Å². The number of halogens is 1. The highest BCUT2D eigenvalue weighted by molar-refractivity contribution is 6.33. The average molecular weight is 308 g/mol. The standard InChI is InChI=1S/C15H18ClN3O2/c1-3-12-10(9-19(2)18-12)8-17-13-7-15-14(6-11(13)16)20-4-5-21-15/h6-7,9,17H,3-5,8H2,1-2H3. The molecule has 2 aromatic rings. The van der Waals surface area contributed by atoms with E-state index in [1.807, 2.05) is 24.0 Å². The summed E-state index contributed by atoms with van der Waals surface area (Å²) >= 11 is 6.29. The van der Waals surface area contributed by atoms with Crippen LogP contribution in [0.5, 0.6) is 11.5 Å². The largest absolute Gasteiger partial charge is 0.486 e. The van der Waals surface area contributed by atoms with Gasteiger partial charge < -0.3 is 14.8 Å². The molecule has 0 atom stereocenters. The number of nitrogens with one attached hydrogen (secondary N) is 1. The minimum Gasteiger partial charge on any atom is -0.486 e. The van der Waals surface area contributed by atoms with Crippen molar-refractivity contribution < 1.29 is 9.47 Å². The minimum absolute atomic E-state index is 0.561. The maximum atomic E-state index is 6.29. The number of rotatable bonds is 4. The Morgan fingerprint density at radius 1 is 1.29 bits per heavy atom. The van der Waals surface area contributed by atoms with Crippen molar-refractivity contribution >= 4 is 17.3 Å². The average Bonchev–Trinajstić information content (AvgIpc) is 2.85. The van der Waals surface area contributed by atoms with Crippen LogP contribution >= 0.6 is 11.6 Å². The topological polar surface area (TPSA) is 48.3 Å². The van der Waals surface area contributed by atoms with Crippen LogP contribution < -0.4 is 14.8 Å². The van der Waals surface area contributed by atoms with Crippen molar-refractivity contribution in [1.29, 1.82) is 0 Å². The Labute approximate surface area is 128 Å². The van der Waals surface area contributed by atoms with Crippen molar-refractivity contribution in [2.24, 2.45) is 7.05 Å². The summed E-state index contributed by atoms with van der Waals surface area (Å²) in [6.45, 7) is 3.90. The number of fused-ring (bicyclic) bond motifs is 1. The van der Waals surface area contributed by atoms with Crippen molar-refractivity contribution in [2.45, 2.75) is 19.9 Å². The highest BCUT2D eigenvalue weighted by Gasteiger charge is 2.15. The van der Waals surface area contributed by atoms with Crippen molar-refractivity contribution in [1.82, 2.24) is 9.78 Å². The van der Waals surface area contributed by atoms with Gasteiger partial charge >= 0.3 is 0 Å². The van der Waals surface area contributed by atoms with Crippen LogP contribution in [0.25, 0.3) is 0 Å². The quantitative estimate of drug-likeness (QED) is 0.943. The summed E-state index contributed by atoms with van der Waals surface area (Å²) in [5.74, 6) is 1.43. The van der Waals surface area contributed by atoms with Crippen LogP contribution in [-0.4, -0.2) is 23.0 Å².